The van der Waals surface area contributed by atoms with Crippen LogP contribution in [-0.4, -0.2) is 33.5 Å². The van der Waals surface area contributed by atoms with Gasteiger partial charge in [0.2, 0.25) is 5.91 Å². The third-order valence-electron chi connectivity index (χ3n) is 5.63. The fourth-order valence-electron chi connectivity index (χ4n) is 4.00. The number of thioether (sulfide) groups is 1. The van der Waals surface area contributed by atoms with Crippen molar-refractivity contribution in [2.45, 2.75) is 56.3 Å². The molecule has 1 aliphatic carbocycles. The first-order valence-corrected chi connectivity index (χ1v) is 12.6. The zero-order valence-corrected chi connectivity index (χ0v) is 19.5. The lowest BCUT2D eigenvalue weighted by molar-refractivity contribution is -0.119. The highest BCUT2D eigenvalue weighted by molar-refractivity contribution is 7.99. The molecule has 0 spiro atoms. The molecular formula is C23H28N4O2S2. The number of rotatable bonds is 8. The highest BCUT2D eigenvalue weighted by Crippen LogP contribution is 2.36. The summed E-state index contributed by atoms with van der Waals surface area (Å²) in [6.45, 7) is 2.01. The summed E-state index contributed by atoms with van der Waals surface area (Å²) in [5, 5.41) is 14.9. The second-order valence-corrected chi connectivity index (χ2v) is 9.71. The van der Waals surface area contributed by atoms with Crippen molar-refractivity contribution < 1.29 is 9.53 Å². The van der Waals surface area contributed by atoms with Crippen LogP contribution in [-0.2, 0) is 4.79 Å². The molecule has 1 saturated carbocycles. The zero-order chi connectivity index (χ0) is 21.6. The standard InChI is InChI=1S/C23H28N4O2S2/c1-16(20-9-6-14-30-20)24-21(28)15-31-23-26-25-22(17-10-12-19(29-2)13-11-17)27(23)18-7-4-3-5-8-18/h6,9-14,16,18H,3-5,7-8,15H2,1-2H3,(H,24,28). The summed E-state index contributed by atoms with van der Waals surface area (Å²) in [7, 11) is 1.67. The van der Waals surface area contributed by atoms with Crippen molar-refractivity contribution in [3.05, 3.63) is 46.7 Å². The second kappa shape index (κ2) is 10.3. The SMILES string of the molecule is COc1ccc(-c2nnc(SCC(=O)NC(C)c3cccs3)n2C2CCCCC2)cc1. The molecule has 1 amide bonds. The molecule has 1 unspecified atom stereocenters. The van der Waals surface area contributed by atoms with Gasteiger partial charge in [-0.1, -0.05) is 37.1 Å². The number of aromatic nitrogens is 3. The van der Waals surface area contributed by atoms with Gasteiger partial charge in [-0.15, -0.1) is 21.5 Å². The van der Waals surface area contributed by atoms with E-state index in [1.165, 1.54) is 31.0 Å². The van der Waals surface area contributed by atoms with Crippen molar-refractivity contribution in [3.63, 3.8) is 0 Å². The molecule has 4 rings (SSSR count). The van der Waals surface area contributed by atoms with Crippen LogP contribution in [0.5, 0.6) is 5.75 Å². The Morgan fingerprint density at radius 2 is 2.00 bits per heavy atom. The molecule has 1 N–H and O–H groups in total. The van der Waals surface area contributed by atoms with Crippen LogP contribution in [0.3, 0.4) is 0 Å². The topological polar surface area (TPSA) is 69.0 Å². The Morgan fingerprint density at radius 1 is 1.23 bits per heavy atom. The lowest BCUT2D eigenvalue weighted by atomic mass is 9.95. The van der Waals surface area contributed by atoms with E-state index in [-0.39, 0.29) is 11.9 Å². The number of thiophene rings is 1. The lowest BCUT2D eigenvalue weighted by Crippen LogP contribution is -2.28. The van der Waals surface area contributed by atoms with E-state index >= 15 is 0 Å². The fraction of sp³-hybridized carbons (Fsp3) is 0.435. The molecule has 1 aromatic carbocycles. The summed E-state index contributed by atoms with van der Waals surface area (Å²) in [6.07, 6.45) is 5.95. The van der Waals surface area contributed by atoms with Crippen LogP contribution in [0.4, 0.5) is 0 Å². The summed E-state index contributed by atoms with van der Waals surface area (Å²) in [5.74, 6) is 2.02. The minimum absolute atomic E-state index is 0.00934. The number of hydrogen-bond donors (Lipinski definition) is 1. The summed E-state index contributed by atoms with van der Waals surface area (Å²) in [5.41, 5.74) is 1.02. The number of ether oxygens (including phenoxy) is 1. The Bertz CT molecular complexity index is 980. The maximum Gasteiger partial charge on any atom is 0.230 e. The van der Waals surface area contributed by atoms with E-state index < -0.39 is 0 Å². The van der Waals surface area contributed by atoms with Crippen molar-refractivity contribution in [3.8, 4) is 17.1 Å². The summed E-state index contributed by atoms with van der Waals surface area (Å²) in [6, 6.07) is 12.4. The Kier molecular flexibility index (Phi) is 7.29. The van der Waals surface area contributed by atoms with Crippen LogP contribution < -0.4 is 10.1 Å². The molecule has 0 radical (unpaired) electrons. The van der Waals surface area contributed by atoms with Gasteiger partial charge in [0.05, 0.1) is 18.9 Å². The van der Waals surface area contributed by atoms with E-state index in [0.717, 1.165) is 40.0 Å². The minimum Gasteiger partial charge on any atom is -0.497 e. The lowest BCUT2D eigenvalue weighted by Gasteiger charge is -2.25. The van der Waals surface area contributed by atoms with E-state index in [1.54, 1.807) is 18.4 Å². The van der Waals surface area contributed by atoms with Crippen molar-refractivity contribution in [1.29, 1.82) is 0 Å². The summed E-state index contributed by atoms with van der Waals surface area (Å²) >= 11 is 3.12. The zero-order valence-electron chi connectivity index (χ0n) is 17.9. The molecule has 2 heterocycles. The first kappa shape index (κ1) is 21.9. The molecule has 1 fully saturated rings. The fourth-order valence-corrected chi connectivity index (χ4v) is 5.55. The van der Waals surface area contributed by atoms with Crippen molar-refractivity contribution >= 4 is 29.0 Å². The van der Waals surface area contributed by atoms with Gasteiger partial charge < -0.3 is 10.1 Å². The highest BCUT2D eigenvalue weighted by Gasteiger charge is 2.24. The highest BCUT2D eigenvalue weighted by atomic mass is 32.2. The average Bonchev–Trinajstić information content (AvgIpc) is 3.49. The number of nitrogens with zero attached hydrogens (tertiary/aromatic N) is 3. The number of carbonyl (C=O) groups excluding carboxylic acids is 1. The minimum atomic E-state index is 0.00934. The first-order valence-electron chi connectivity index (χ1n) is 10.7. The third kappa shape index (κ3) is 5.30. The number of carbonyl (C=O) groups is 1. The smallest absolute Gasteiger partial charge is 0.230 e. The normalized spacial score (nSPS) is 15.5. The van der Waals surface area contributed by atoms with Crippen LogP contribution in [0.15, 0.2) is 46.9 Å². The van der Waals surface area contributed by atoms with E-state index in [0.29, 0.717) is 11.8 Å². The Balaban J connectivity index is 1.51. The number of hydrogen-bond acceptors (Lipinski definition) is 6. The van der Waals surface area contributed by atoms with Gasteiger partial charge in [0, 0.05) is 16.5 Å². The molecular weight excluding hydrogens is 428 g/mol. The van der Waals surface area contributed by atoms with Crippen molar-refractivity contribution in [2.75, 3.05) is 12.9 Å². The molecule has 0 bridgehead atoms. The molecule has 31 heavy (non-hydrogen) atoms. The number of methoxy groups -OCH3 is 1. The van der Waals surface area contributed by atoms with Crippen molar-refractivity contribution in [1.82, 2.24) is 20.1 Å². The Labute approximate surface area is 191 Å². The molecule has 6 nitrogen and oxygen atoms in total. The average molecular weight is 457 g/mol. The van der Waals surface area contributed by atoms with Crippen molar-refractivity contribution in [2.24, 2.45) is 0 Å². The van der Waals surface area contributed by atoms with E-state index in [1.807, 2.05) is 48.7 Å². The molecule has 3 aromatic rings. The first-order chi connectivity index (χ1) is 15.2. The van der Waals surface area contributed by atoms with Gasteiger partial charge in [-0.2, -0.15) is 0 Å². The quantitative estimate of drug-likeness (QED) is 0.454. The van der Waals surface area contributed by atoms with Crippen LogP contribution >= 0.6 is 23.1 Å². The second-order valence-electron chi connectivity index (χ2n) is 7.79. The maximum absolute atomic E-state index is 12.6. The Hall–Kier alpha value is -2.32. The predicted molar refractivity (Wildman–Crippen MR) is 126 cm³/mol. The molecule has 164 valence electrons. The Morgan fingerprint density at radius 3 is 2.68 bits per heavy atom. The molecule has 2 aromatic heterocycles. The van der Waals surface area contributed by atoms with E-state index in [4.69, 9.17) is 4.74 Å². The van der Waals surface area contributed by atoms with Crippen LogP contribution in [0.25, 0.3) is 11.4 Å². The van der Waals surface area contributed by atoms with Crippen LogP contribution in [0, 0.1) is 0 Å². The number of benzene rings is 1. The molecule has 0 aliphatic heterocycles. The van der Waals surface area contributed by atoms with Crippen LogP contribution in [0.2, 0.25) is 0 Å². The van der Waals surface area contributed by atoms with E-state index in [2.05, 4.69) is 20.1 Å². The van der Waals surface area contributed by atoms with E-state index in [9.17, 15) is 4.79 Å². The largest absolute Gasteiger partial charge is 0.497 e. The monoisotopic (exact) mass is 456 g/mol. The molecule has 0 saturated heterocycles. The third-order valence-corrected chi connectivity index (χ3v) is 7.63. The van der Waals surface area contributed by atoms with Gasteiger partial charge in [0.15, 0.2) is 11.0 Å². The molecule has 1 atom stereocenters. The summed E-state index contributed by atoms with van der Waals surface area (Å²) < 4.78 is 7.54. The maximum atomic E-state index is 12.6. The van der Waals surface area contributed by atoms with Crippen LogP contribution in [0.1, 0.15) is 56.0 Å². The number of nitrogens with one attached hydrogen (secondary N) is 1. The number of amides is 1. The van der Waals surface area contributed by atoms with Gasteiger partial charge in [-0.25, -0.2) is 0 Å². The van der Waals surface area contributed by atoms with Gasteiger partial charge in [-0.05, 0) is 55.5 Å². The molecule has 8 heteroatoms. The van der Waals surface area contributed by atoms with Gasteiger partial charge >= 0.3 is 0 Å². The molecule has 1 aliphatic rings. The van der Waals surface area contributed by atoms with Gasteiger partial charge in [0.1, 0.15) is 5.75 Å². The predicted octanol–water partition coefficient (Wildman–Crippen LogP) is 5.49. The van der Waals surface area contributed by atoms with Gasteiger partial charge in [-0.3, -0.25) is 9.36 Å². The van der Waals surface area contributed by atoms with Gasteiger partial charge in [0.25, 0.3) is 0 Å². The summed E-state index contributed by atoms with van der Waals surface area (Å²) in [4.78, 5) is 13.7.